The van der Waals surface area contributed by atoms with Crippen molar-refractivity contribution in [2.75, 3.05) is 14.1 Å². The highest BCUT2D eigenvalue weighted by molar-refractivity contribution is 5.72. The number of carboxylic acid groups (broad SMARTS) is 1. The van der Waals surface area contributed by atoms with Crippen LogP contribution in [0.2, 0.25) is 0 Å². The van der Waals surface area contributed by atoms with Crippen molar-refractivity contribution in [3.63, 3.8) is 0 Å². The van der Waals surface area contributed by atoms with Crippen LogP contribution in [0.1, 0.15) is 13.8 Å². The molecule has 11 heavy (non-hydrogen) atoms. The summed E-state index contributed by atoms with van der Waals surface area (Å²) in [5.41, 5.74) is 0. The molecule has 0 aromatic rings. The van der Waals surface area contributed by atoms with Gasteiger partial charge in [-0.25, -0.2) is 0 Å². The molecule has 0 radical (unpaired) electrons. The zero-order valence-electron chi connectivity index (χ0n) is 7.42. The van der Waals surface area contributed by atoms with Gasteiger partial charge in [-0.2, -0.15) is 0 Å². The average molecular weight is 164 g/mol. The first-order valence-electron chi connectivity index (χ1n) is 2.75. The number of amides is 1. The van der Waals surface area contributed by atoms with Crippen molar-refractivity contribution in [2.24, 2.45) is 0 Å². The van der Waals surface area contributed by atoms with Gasteiger partial charge in [0, 0.05) is 27.9 Å². The Hall–Kier alpha value is -1.10. The van der Waals surface area contributed by atoms with Crippen molar-refractivity contribution in [1.82, 2.24) is 11.1 Å². The van der Waals surface area contributed by atoms with E-state index in [0.717, 1.165) is 6.92 Å². The van der Waals surface area contributed by atoms with E-state index in [9.17, 15) is 4.79 Å². The molecule has 0 atom stereocenters. The summed E-state index contributed by atoms with van der Waals surface area (Å²) >= 11 is 0. The Bertz CT molecular complexity index is 119. The van der Waals surface area contributed by atoms with Gasteiger partial charge in [-0.1, -0.05) is 0 Å². The number of carboxylic acids is 1. The fraction of sp³-hybridized carbons (Fsp3) is 0.667. The van der Waals surface area contributed by atoms with Gasteiger partial charge in [-0.15, -0.1) is 0 Å². The van der Waals surface area contributed by atoms with E-state index in [1.54, 1.807) is 14.1 Å². The Morgan fingerprint density at radius 1 is 1.18 bits per heavy atom. The summed E-state index contributed by atoms with van der Waals surface area (Å²) in [7, 11) is 3.45. The molecule has 1 amide bonds. The molecular formula is C6H16N2O3. The lowest BCUT2D eigenvalue weighted by Crippen LogP contribution is -2.17. The molecule has 4 N–H and O–H groups in total. The highest BCUT2D eigenvalue weighted by atomic mass is 16.4. The standard InChI is InChI=1S/C4H9NO.C2H4O2.H3N/c1-4(6)5(2)3;1-2(3)4;/h1-3H3;1H3,(H,3,4);1H3. The highest BCUT2D eigenvalue weighted by Gasteiger charge is 1.87. The maximum atomic E-state index is 10.1. The van der Waals surface area contributed by atoms with Crippen LogP contribution in [-0.4, -0.2) is 36.0 Å². The third-order valence-corrected chi connectivity index (χ3v) is 0.630. The van der Waals surface area contributed by atoms with E-state index >= 15 is 0 Å². The molecule has 0 rings (SSSR count). The minimum absolute atomic E-state index is 0. The van der Waals surface area contributed by atoms with Crippen LogP contribution in [-0.2, 0) is 9.59 Å². The van der Waals surface area contributed by atoms with Crippen LogP contribution in [0, 0.1) is 0 Å². The first-order chi connectivity index (χ1) is 4.37. The third kappa shape index (κ3) is 50.4. The number of hydrogen-bond acceptors (Lipinski definition) is 3. The molecule has 0 aromatic carbocycles. The molecule has 0 aliphatic heterocycles. The van der Waals surface area contributed by atoms with Crippen molar-refractivity contribution in [3.8, 4) is 0 Å². The molecule has 0 aliphatic rings. The van der Waals surface area contributed by atoms with Gasteiger partial charge < -0.3 is 16.2 Å². The molecule has 0 aromatic heterocycles. The molecule has 0 heterocycles. The van der Waals surface area contributed by atoms with Crippen LogP contribution in [0.4, 0.5) is 0 Å². The van der Waals surface area contributed by atoms with Crippen LogP contribution in [0.5, 0.6) is 0 Å². The van der Waals surface area contributed by atoms with Crippen molar-refractivity contribution >= 4 is 11.9 Å². The van der Waals surface area contributed by atoms with Gasteiger partial charge in [-0.05, 0) is 0 Å². The molecule has 0 unspecified atom stereocenters. The molecule has 0 spiro atoms. The minimum Gasteiger partial charge on any atom is -0.481 e. The second kappa shape index (κ2) is 8.90. The summed E-state index contributed by atoms with van der Waals surface area (Å²) in [6, 6.07) is 0. The number of rotatable bonds is 0. The largest absolute Gasteiger partial charge is 0.481 e. The smallest absolute Gasteiger partial charge is 0.300 e. The second-order valence-corrected chi connectivity index (χ2v) is 1.93. The van der Waals surface area contributed by atoms with Gasteiger partial charge in [0.1, 0.15) is 0 Å². The quantitative estimate of drug-likeness (QED) is 0.540. The second-order valence-electron chi connectivity index (χ2n) is 1.93. The molecule has 5 nitrogen and oxygen atoms in total. The number of carbonyl (C=O) groups excluding carboxylic acids is 1. The highest BCUT2D eigenvalue weighted by Crippen LogP contribution is 1.69. The normalized spacial score (nSPS) is 6.55. The first-order valence-corrected chi connectivity index (χ1v) is 2.75. The average Bonchev–Trinajstić information content (AvgIpc) is 1.63. The number of aliphatic carboxylic acids is 1. The Morgan fingerprint density at radius 3 is 1.27 bits per heavy atom. The summed E-state index contributed by atoms with van der Waals surface area (Å²) in [6.07, 6.45) is 0. The summed E-state index contributed by atoms with van der Waals surface area (Å²) in [6.45, 7) is 2.61. The molecule has 0 saturated carbocycles. The maximum absolute atomic E-state index is 10.1. The van der Waals surface area contributed by atoms with Gasteiger partial charge >= 0.3 is 0 Å². The van der Waals surface area contributed by atoms with E-state index in [4.69, 9.17) is 9.90 Å². The lowest BCUT2D eigenvalue weighted by atomic mass is 10.7. The lowest BCUT2D eigenvalue weighted by Gasteiger charge is -2.02. The monoisotopic (exact) mass is 164 g/mol. The minimum atomic E-state index is -0.833. The van der Waals surface area contributed by atoms with Gasteiger partial charge in [0.05, 0.1) is 0 Å². The van der Waals surface area contributed by atoms with Crippen molar-refractivity contribution in [3.05, 3.63) is 0 Å². The van der Waals surface area contributed by atoms with E-state index in [2.05, 4.69) is 0 Å². The van der Waals surface area contributed by atoms with E-state index in [-0.39, 0.29) is 12.1 Å². The molecule has 5 heteroatoms. The molecule has 0 aliphatic carbocycles. The summed E-state index contributed by atoms with van der Waals surface area (Å²) in [5, 5.41) is 7.42. The fourth-order valence-corrected chi connectivity index (χ4v) is 0. The van der Waals surface area contributed by atoms with E-state index in [1.165, 1.54) is 11.8 Å². The molecule has 0 bridgehead atoms. The Kier molecular flexibility index (Phi) is 13.3. The Labute approximate surface area is 66.6 Å². The van der Waals surface area contributed by atoms with Crippen molar-refractivity contribution in [1.29, 1.82) is 0 Å². The predicted molar refractivity (Wildman–Crippen MR) is 42.7 cm³/mol. The predicted octanol–water partition coefficient (Wildman–Crippen LogP) is 0.347. The summed E-state index contributed by atoms with van der Waals surface area (Å²) in [5.74, 6) is -0.741. The molecule has 68 valence electrons. The number of carbonyl (C=O) groups is 2. The van der Waals surface area contributed by atoms with Gasteiger partial charge in [0.25, 0.3) is 5.97 Å². The van der Waals surface area contributed by atoms with Gasteiger partial charge in [0.15, 0.2) is 0 Å². The Balaban J connectivity index is -0.000000114. The maximum Gasteiger partial charge on any atom is 0.300 e. The fourth-order valence-electron chi connectivity index (χ4n) is 0. The zero-order chi connectivity index (χ0) is 8.73. The van der Waals surface area contributed by atoms with Gasteiger partial charge in [-0.3, -0.25) is 9.59 Å². The van der Waals surface area contributed by atoms with E-state index in [1.807, 2.05) is 0 Å². The van der Waals surface area contributed by atoms with Crippen LogP contribution in [0.25, 0.3) is 0 Å². The zero-order valence-corrected chi connectivity index (χ0v) is 7.42. The van der Waals surface area contributed by atoms with Crippen molar-refractivity contribution < 1.29 is 14.7 Å². The third-order valence-electron chi connectivity index (χ3n) is 0.630. The molecular weight excluding hydrogens is 148 g/mol. The lowest BCUT2D eigenvalue weighted by molar-refractivity contribution is -0.134. The van der Waals surface area contributed by atoms with Crippen LogP contribution in [0.3, 0.4) is 0 Å². The van der Waals surface area contributed by atoms with Gasteiger partial charge in [0.2, 0.25) is 5.91 Å². The SMILES string of the molecule is CC(=O)N(C)C.CC(=O)O.N. The summed E-state index contributed by atoms with van der Waals surface area (Å²) < 4.78 is 0. The number of hydrogen-bond donors (Lipinski definition) is 2. The first kappa shape index (κ1) is 16.5. The van der Waals surface area contributed by atoms with Crippen LogP contribution < -0.4 is 6.15 Å². The van der Waals surface area contributed by atoms with E-state index < -0.39 is 5.97 Å². The number of nitrogens with zero attached hydrogens (tertiary/aromatic N) is 1. The van der Waals surface area contributed by atoms with Crippen LogP contribution >= 0.6 is 0 Å². The molecule has 0 fully saturated rings. The van der Waals surface area contributed by atoms with E-state index in [0.29, 0.717) is 0 Å². The summed E-state index contributed by atoms with van der Waals surface area (Å²) in [4.78, 5) is 20.6. The molecule has 0 saturated heterocycles. The van der Waals surface area contributed by atoms with Crippen LogP contribution in [0.15, 0.2) is 0 Å². The topological polar surface area (TPSA) is 92.6 Å². The van der Waals surface area contributed by atoms with Crippen molar-refractivity contribution in [2.45, 2.75) is 13.8 Å². The Morgan fingerprint density at radius 2 is 1.27 bits per heavy atom.